The molecule has 3 rings (SSSR count). The van der Waals surface area contributed by atoms with E-state index in [9.17, 15) is 9.90 Å². The highest BCUT2D eigenvalue weighted by Crippen LogP contribution is 2.37. The Kier molecular flexibility index (Phi) is 4.45. The molecule has 0 aromatic carbocycles. The number of aliphatic carboxylic acids is 1. The molecule has 0 spiro atoms. The average molecular weight is 310 g/mol. The predicted octanol–water partition coefficient (Wildman–Crippen LogP) is 2.87. The molecule has 2 heterocycles. The summed E-state index contributed by atoms with van der Waals surface area (Å²) < 4.78 is 5.70. The van der Waals surface area contributed by atoms with Gasteiger partial charge in [-0.1, -0.05) is 6.92 Å². The van der Waals surface area contributed by atoms with Crippen LogP contribution in [0.4, 0.5) is 5.13 Å². The first-order valence-electron chi connectivity index (χ1n) is 7.77. The number of hydrogen-bond donors (Lipinski definition) is 2. The summed E-state index contributed by atoms with van der Waals surface area (Å²) in [6.45, 7) is 3.87. The molecule has 5 nitrogen and oxygen atoms in total. The molecule has 0 bridgehead atoms. The summed E-state index contributed by atoms with van der Waals surface area (Å²) >= 11 is 1.62. The van der Waals surface area contributed by atoms with Gasteiger partial charge in [-0.25, -0.2) is 4.98 Å². The molecule has 3 unspecified atom stereocenters. The number of anilines is 1. The smallest absolute Gasteiger partial charge is 0.312 e. The van der Waals surface area contributed by atoms with Gasteiger partial charge in [0.25, 0.3) is 0 Å². The third kappa shape index (κ3) is 3.06. The number of fused-ring (bicyclic) bond motifs is 1. The van der Waals surface area contributed by atoms with Crippen LogP contribution in [0.25, 0.3) is 0 Å². The number of aromatic nitrogens is 1. The number of carboxylic acid groups (broad SMARTS) is 1. The number of hydrogen-bond acceptors (Lipinski definition) is 5. The second-order valence-corrected chi connectivity index (χ2v) is 6.94. The lowest BCUT2D eigenvalue weighted by molar-refractivity contribution is -0.139. The van der Waals surface area contributed by atoms with E-state index in [1.165, 1.54) is 0 Å². The maximum Gasteiger partial charge on any atom is 0.312 e. The van der Waals surface area contributed by atoms with E-state index >= 15 is 0 Å². The summed E-state index contributed by atoms with van der Waals surface area (Å²) in [6, 6.07) is 0. The van der Waals surface area contributed by atoms with Gasteiger partial charge < -0.3 is 15.2 Å². The average Bonchev–Trinajstić information content (AvgIpc) is 3.09. The fraction of sp³-hybridized carbons (Fsp3) is 0.733. The molecular formula is C15H22N2O3S. The van der Waals surface area contributed by atoms with Crippen LogP contribution >= 0.6 is 11.3 Å². The molecule has 6 heteroatoms. The molecule has 0 radical (unpaired) electrons. The fourth-order valence-corrected chi connectivity index (χ4v) is 4.40. The highest BCUT2D eigenvalue weighted by Gasteiger charge is 2.31. The second-order valence-electron chi connectivity index (χ2n) is 5.86. The Morgan fingerprint density at radius 3 is 3.14 bits per heavy atom. The van der Waals surface area contributed by atoms with Crippen LogP contribution in [0.15, 0.2) is 0 Å². The van der Waals surface area contributed by atoms with E-state index in [-0.39, 0.29) is 0 Å². The minimum atomic E-state index is -0.747. The SMILES string of the molecule is CCC1OCCC1CNc1nc2c(s1)CCCC2C(=O)O. The number of carboxylic acids is 1. The monoisotopic (exact) mass is 310 g/mol. The molecule has 1 fully saturated rings. The normalized spacial score (nSPS) is 28.3. The fourth-order valence-electron chi connectivity index (χ4n) is 3.33. The zero-order valence-corrected chi connectivity index (χ0v) is 13.1. The van der Waals surface area contributed by atoms with Crippen molar-refractivity contribution in [1.82, 2.24) is 4.98 Å². The van der Waals surface area contributed by atoms with Crippen LogP contribution < -0.4 is 5.32 Å². The van der Waals surface area contributed by atoms with Gasteiger partial charge in [-0.15, -0.1) is 11.3 Å². The van der Waals surface area contributed by atoms with Crippen LogP contribution in [0, 0.1) is 5.92 Å². The summed E-state index contributed by atoms with van der Waals surface area (Å²) in [6.07, 6.45) is 5.09. The Balaban J connectivity index is 1.66. The molecule has 2 aliphatic rings. The van der Waals surface area contributed by atoms with E-state index in [2.05, 4.69) is 17.2 Å². The van der Waals surface area contributed by atoms with Crippen LogP contribution in [0.3, 0.4) is 0 Å². The Morgan fingerprint density at radius 1 is 1.52 bits per heavy atom. The number of nitrogens with zero attached hydrogens (tertiary/aromatic N) is 1. The van der Waals surface area contributed by atoms with Gasteiger partial charge >= 0.3 is 5.97 Å². The maximum atomic E-state index is 11.3. The third-order valence-electron chi connectivity index (χ3n) is 4.52. The molecule has 0 saturated carbocycles. The van der Waals surface area contributed by atoms with E-state index < -0.39 is 11.9 Å². The zero-order valence-electron chi connectivity index (χ0n) is 12.3. The molecule has 1 aromatic heterocycles. The van der Waals surface area contributed by atoms with Crippen molar-refractivity contribution in [2.24, 2.45) is 5.92 Å². The highest BCUT2D eigenvalue weighted by atomic mass is 32.1. The molecular weight excluding hydrogens is 288 g/mol. The van der Waals surface area contributed by atoms with Crippen LogP contribution in [0.2, 0.25) is 0 Å². The summed E-state index contributed by atoms with van der Waals surface area (Å²) in [7, 11) is 0. The van der Waals surface area contributed by atoms with E-state index in [1.54, 1.807) is 11.3 Å². The van der Waals surface area contributed by atoms with Crippen molar-refractivity contribution in [3.8, 4) is 0 Å². The van der Waals surface area contributed by atoms with Crippen molar-refractivity contribution in [3.63, 3.8) is 0 Å². The van der Waals surface area contributed by atoms with E-state index in [0.717, 1.165) is 54.5 Å². The van der Waals surface area contributed by atoms with Crippen molar-refractivity contribution in [2.45, 2.75) is 51.0 Å². The molecule has 0 amide bonds. The van der Waals surface area contributed by atoms with Gasteiger partial charge in [0.2, 0.25) is 0 Å². The van der Waals surface area contributed by atoms with Gasteiger partial charge in [-0.2, -0.15) is 0 Å². The summed E-state index contributed by atoms with van der Waals surface area (Å²) in [4.78, 5) is 17.0. The Morgan fingerprint density at radius 2 is 2.38 bits per heavy atom. The van der Waals surface area contributed by atoms with Crippen LogP contribution in [0.5, 0.6) is 0 Å². The largest absolute Gasteiger partial charge is 0.481 e. The van der Waals surface area contributed by atoms with Gasteiger partial charge in [0.05, 0.1) is 11.8 Å². The van der Waals surface area contributed by atoms with Crippen LogP contribution in [0.1, 0.15) is 49.1 Å². The molecule has 116 valence electrons. The van der Waals surface area contributed by atoms with Gasteiger partial charge in [0.1, 0.15) is 5.92 Å². The van der Waals surface area contributed by atoms with E-state index in [4.69, 9.17) is 4.74 Å². The van der Waals surface area contributed by atoms with Crippen molar-refractivity contribution >= 4 is 22.4 Å². The molecule has 2 N–H and O–H groups in total. The lowest BCUT2D eigenvalue weighted by Gasteiger charge is -2.17. The van der Waals surface area contributed by atoms with E-state index in [1.807, 2.05) is 0 Å². The molecule has 1 saturated heterocycles. The number of thiazole rings is 1. The molecule has 21 heavy (non-hydrogen) atoms. The molecule has 1 aromatic rings. The van der Waals surface area contributed by atoms with Crippen molar-refractivity contribution in [3.05, 3.63) is 10.6 Å². The molecule has 3 atom stereocenters. The van der Waals surface area contributed by atoms with Gasteiger partial charge in [-0.3, -0.25) is 4.79 Å². The summed E-state index contributed by atoms with van der Waals surface area (Å²) in [5, 5.41) is 13.6. The molecule has 1 aliphatic heterocycles. The van der Waals surface area contributed by atoms with Crippen LogP contribution in [-0.4, -0.2) is 35.3 Å². The first kappa shape index (κ1) is 14.8. The van der Waals surface area contributed by atoms with Gasteiger partial charge in [0.15, 0.2) is 5.13 Å². The minimum Gasteiger partial charge on any atom is -0.481 e. The quantitative estimate of drug-likeness (QED) is 0.875. The highest BCUT2D eigenvalue weighted by molar-refractivity contribution is 7.15. The van der Waals surface area contributed by atoms with Crippen LogP contribution in [-0.2, 0) is 16.0 Å². The van der Waals surface area contributed by atoms with Crippen molar-refractivity contribution < 1.29 is 14.6 Å². The lowest BCUT2D eigenvalue weighted by atomic mass is 9.91. The number of rotatable bonds is 5. The standard InChI is InChI=1S/C15H22N2O3S/c1-2-11-9(6-7-20-11)8-16-15-17-13-10(14(18)19)4-3-5-12(13)21-15/h9-11H,2-8H2,1H3,(H,16,17)(H,18,19). The van der Waals surface area contributed by atoms with Gasteiger partial charge in [-0.05, 0) is 32.1 Å². The zero-order chi connectivity index (χ0) is 14.8. The molecule has 1 aliphatic carbocycles. The third-order valence-corrected chi connectivity index (χ3v) is 5.61. The predicted molar refractivity (Wildman–Crippen MR) is 82.1 cm³/mol. The Labute approximate surface area is 128 Å². The van der Waals surface area contributed by atoms with Gasteiger partial charge in [0, 0.05) is 23.9 Å². The van der Waals surface area contributed by atoms with E-state index in [0.29, 0.717) is 18.4 Å². The first-order valence-corrected chi connectivity index (χ1v) is 8.58. The van der Waals surface area contributed by atoms with Crippen molar-refractivity contribution in [2.75, 3.05) is 18.5 Å². The maximum absolute atomic E-state index is 11.3. The number of aryl methyl sites for hydroxylation is 1. The number of nitrogens with one attached hydrogen (secondary N) is 1. The summed E-state index contributed by atoms with van der Waals surface area (Å²) in [5.41, 5.74) is 0.788. The first-order chi connectivity index (χ1) is 10.2. The lowest BCUT2D eigenvalue weighted by Crippen LogP contribution is -2.22. The number of carbonyl (C=O) groups is 1. The van der Waals surface area contributed by atoms with Crippen molar-refractivity contribution in [1.29, 1.82) is 0 Å². The number of ether oxygens (including phenoxy) is 1. The Hall–Kier alpha value is -1.14. The minimum absolute atomic E-state index is 0.346. The second kappa shape index (κ2) is 6.32. The Bertz CT molecular complexity index is 517. The topological polar surface area (TPSA) is 71.5 Å². The summed E-state index contributed by atoms with van der Waals surface area (Å²) in [5.74, 6) is -0.631.